The lowest BCUT2D eigenvalue weighted by atomic mass is 9.50. The van der Waals surface area contributed by atoms with Crippen LogP contribution in [0.15, 0.2) is 33.7 Å². The van der Waals surface area contributed by atoms with Crippen molar-refractivity contribution in [3.05, 3.63) is 35.6 Å². The third-order valence-electron chi connectivity index (χ3n) is 9.32. The highest BCUT2D eigenvalue weighted by Crippen LogP contribution is 2.60. The van der Waals surface area contributed by atoms with E-state index < -0.39 is 28.3 Å². The number of amides is 2. The highest BCUT2D eigenvalue weighted by Gasteiger charge is 2.51. The van der Waals surface area contributed by atoms with Gasteiger partial charge in [-0.05, 0) is 92.9 Å². The van der Waals surface area contributed by atoms with Crippen LogP contribution in [0.2, 0.25) is 0 Å². The highest BCUT2D eigenvalue weighted by molar-refractivity contribution is 7.88. The van der Waals surface area contributed by atoms with E-state index >= 15 is 0 Å². The van der Waals surface area contributed by atoms with Crippen molar-refractivity contribution in [2.75, 3.05) is 19.7 Å². The number of carbonyl (C=O) groups excluding carboxylic acids is 2. The Hall–Kier alpha value is -3.65. The van der Waals surface area contributed by atoms with Gasteiger partial charge in [-0.15, -0.1) is 0 Å². The number of hydrogen-bond donors (Lipinski definition) is 5. The summed E-state index contributed by atoms with van der Waals surface area (Å²) in [6.45, 7) is 1.61. The molecule has 4 fully saturated rings. The largest absolute Gasteiger partial charge is 0.480 e. The predicted molar refractivity (Wildman–Crippen MR) is 160 cm³/mol. The lowest BCUT2D eigenvalue weighted by Crippen LogP contribution is -2.51. The van der Waals surface area contributed by atoms with Gasteiger partial charge in [-0.3, -0.25) is 19.9 Å². The van der Waals surface area contributed by atoms with E-state index in [-0.39, 0.29) is 36.5 Å². The van der Waals surface area contributed by atoms with Crippen LogP contribution in [0.4, 0.5) is 4.79 Å². The molecule has 1 aromatic carbocycles. The molecule has 7 rings (SSSR count). The average Bonchev–Trinajstić information content (AvgIpc) is 3.36. The lowest BCUT2D eigenvalue weighted by Gasteiger charge is -2.56. The van der Waals surface area contributed by atoms with Gasteiger partial charge in [0, 0.05) is 36.7 Å². The van der Waals surface area contributed by atoms with Crippen LogP contribution in [-0.2, 0) is 37.4 Å². The van der Waals surface area contributed by atoms with Crippen LogP contribution in [0, 0.1) is 23.2 Å². The molecular formula is C30H39N5O8S. The van der Waals surface area contributed by atoms with Gasteiger partial charge in [-0.25, -0.2) is 9.52 Å². The molecule has 1 aliphatic heterocycles. The van der Waals surface area contributed by atoms with Crippen LogP contribution < -0.4 is 20.1 Å². The number of guanidine groups is 1. The summed E-state index contributed by atoms with van der Waals surface area (Å²) in [5, 5.41) is 16.2. The summed E-state index contributed by atoms with van der Waals surface area (Å²) < 4.78 is 40.3. The lowest BCUT2D eigenvalue weighted by molar-refractivity contribution is -0.139. The third kappa shape index (κ3) is 7.34. The van der Waals surface area contributed by atoms with E-state index in [2.05, 4.69) is 15.6 Å². The van der Waals surface area contributed by atoms with E-state index in [1.165, 1.54) is 19.3 Å². The number of nitrogens with zero attached hydrogens (tertiary/aromatic N) is 1. The van der Waals surface area contributed by atoms with Gasteiger partial charge in [-0.2, -0.15) is 13.1 Å². The number of carbonyl (C=O) groups is 3. The van der Waals surface area contributed by atoms with Crippen molar-refractivity contribution in [2.45, 2.75) is 70.3 Å². The first-order chi connectivity index (χ1) is 21.0. The zero-order valence-corrected chi connectivity index (χ0v) is 25.3. The average molecular weight is 630 g/mol. The van der Waals surface area contributed by atoms with Gasteiger partial charge < -0.3 is 19.6 Å². The van der Waals surface area contributed by atoms with Gasteiger partial charge in [0.2, 0.25) is 5.91 Å². The second kappa shape index (κ2) is 12.4. The zero-order chi connectivity index (χ0) is 30.9. The molecule has 14 heteroatoms. The molecule has 4 bridgehead atoms. The number of fused-ring (bicyclic) bond motifs is 1. The van der Waals surface area contributed by atoms with Gasteiger partial charge in [0.05, 0.1) is 6.61 Å². The van der Waals surface area contributed by atoms with Crippen molar-refractivity contribution in [2.24, 2.45) is 28.2 Å². The number of aliphatic imine (C=N–C) groups is 1. The number of hydrogen-bond acceptors (Lipinski definition) is 9. The number of carboxylic acids is 1. The summed E-state index contributed by atoms with van der Waals surface area (Å²) >= 11 is 0. The minimum atomic E-state index is -4.53. The molecule has 13 nitrogen and oxygen atoms in total. The zero-order valence-electron chi connectivity index (χ0n) is 24.5. The molecule has 5 N–H and O–H groups in total. The Morgan fingerprint density at radius 2 is 1.84 bits per heavy atom. The molecule has 0 radical (unpaired) electrons. The Labute approximate surface area is 255 Å². The minimum absolute atomic E-state index is 0.0812. The SMILES string of the molecule is O=C(CCc1ccc2oc(CC(NS(=O)(=O)NC(=O)OCC34CC5CC(CC(C5)C3)C4)C(=O)O)cc2c1)NC1=NCCCN1. The second-order valence-electron chi connectivity index (χ2n) is 13.0. The molecule has 4 saturated carbocycles. The smallest absolute Gasteiger partial charge is 0.421 e. The van der Waals surface area contributed by atoms with Crippen LogP contribution in [0.1, 0.15) is 62.7 Å². The maximum absolute atomic E-state index is 12.7. The summed E-state index contributed by atoms with van der Waals surface area (Å²) in [6, 6.07) is 5.42. The molecule has 1 aromatic heterocycles. The summed E-state index contributed by atoms with van der Waals surface area (Å²) in [5.74, 6) is 1.12. The van der Waals surface area contributed by atoms with Gasteiger partial charge in [0.25, 0.3) is 0 Å². The van der Waals surface area contributed by atoms with Crippen LogP contribution in [0.3, 0.4) is 0 Å². The topological polar surface area (TPSA) is 188 Å². The van der Waals surface area contributed by atoms with Crippen molar-refractivity contribution >= 4 is 45.1 Å². The minimum Gasteiger partial charge on any atom is -0.480 e. The van der Waals surface area contributed by atoms with Crippen molar-refractivity contribution in [1.82, 2.24) is 20.1 Å². The summed E-state index contributed by atoms with van der Waals surface area (Å²) in [6.07, 6.45) is 6.95. The normalized spacial score (nSPS) is 26.5. The van der Waals surface area contributed by atoms with Crippen molar-refractivity contribution in [3.63, 3.8) is 0 Å². The fourth-order valence-electron chi connectivity index (χ4n) is 7.89. The molecule has 4 aliphatic carbocycles. The van der Waals surface area contributed by atoms with Crippen LogP contribution in [-0.4, -0.2) is 63.2 Å². The summed E-state index contributed by atoms with van der Waals surface area (Å²) in [5.41, 5.74) is 1.29. The molecule has 2 aromatic rings. The van der Waals surface area contributed by atoms with E-state index in [0.29, 0.717) is 47.6 Å². The number of benzene rings is 1. The number of aliphatic carboxylic acids is 1. The number of carboxylic acid groups (broad SMARTS) is 1. The van der Waals surface area contributed by atoms with Crippen molar-refractivity contribution in [1.29, 1.82) is 0 Å². The molecular weight excluding hydrogens is 590 g/mol. The van der Waals surface area contributed by atoms with Gasteiger partial charge in [0.1, 0.15) is 17.4 Å². The number of furan rings is 1. The quantitative estimate of drug-likeness (QED) is 0.249. The first-order valence-corrected chi connectivity index (χ1v) is 16.8. The van der Waals surface area contributed by atoms with E-state index in [0.717, 1.165) is 37.8 Å². The Balaban J connectivity index is 1.01. The molecule has 0 saturated heterocycles. The molecule has 5 aliphatic rings. The molecule has 0 spiro atoms. The fraction of sp³-hybridized carbons (Fsp3) is 0.600. The van der Waals surface area contributed by atoms with Gasteiger partial charge in [-0.1, -0.05) is 6.07 Å². The maximum Gasteiger partial charge on any atom is 0.421 e. The van der Waals surface area contributed by atoms with Gasteiger partial charge in [0.15, 0.2) is 5.96 Å². The molecule has 2 amide bonds. The van der Waals surface area contributed by atoms with E-state index in [1.54, 1.807) is 16.9 Å². The van der Waals surface area contributed by atoms with Crippen molar-refractivity contribution in [3.8, 4) is 0 Å². The molecule has 238 valence electrons. The van der Waals surface area contributed by atoms with Crippen LogP contribution in [0.5, 0.6) is 0 Å². The Bertz CT molecular complexity index is 1530. The second-order valence-corrected chi connectivity index (χ2v) is 14.4. The molecule has 2 heterocycles. The number of aryl methyl sites for hydroxylation is 1. The Morgan fingerprint density at radius 1 is 1.11 bits per heavy atom. The van der Waals surface area contributed by atoms with Crippen molar-refractivity contribution < 1.29 is 37.1 Å². The Kier molecular flexibility index (Phi) is 8.55. The summed E-state index contributed by atoms with van der Waals surface area (Å²) in [7, 11) is -4.53. The third-order valence-corrected chi connectivity index (χ3v) is 10.4. The van der Waals surface area contributed by atoms with Gasteiger partial charge >= 0.3 is 22.3 Å². The van der Waals surface area contributed by atoms with Crippen LogP contribution >= 0.6 is 0 Å². The molecule has 1 unspecified atom stereocenters. The number of nitrogens with one attached hydrogen (secondary N) is 4. The maximum atomic E-state index is 12.7. The molecule has 44 heavy (non-hydrogen) atoms. The first kappa shape index (κ1) is 30.4. The number of rotatable bonds is 11. The summed E-state index contributed by atoms with van der Waals surface area (Å²) in [4.78, 5) is 40.9. The van der Waals surface area contributed by atoms with E-state index in [9.17, 15) is 27.9 Å². The standard InChI is InChI=1S/C30H39N5O8S/c36-26(33-28-31-6-1-7-32-28)5-3-18-2-4-25-22(11-18)12-23(43-25)13-24(27(37)38)34-44(40,41)35-29(39)42-17-30-14-19-8-20(15-30)10-21(9-19)16-30/h2,4,11-12,19-21,24,34H,1,3,5-10,13-17H2,(H,35,39)(H,37,38)(H2,31,32,33,36). The number of ether oxygens (including phenoxy) is 1. The Morgan fingerprint density at radius 3 is 2.50 bits per heavy atom. The van der Waals surface area contributed by atoms with E-state index in [4.69, 9.17) is 9.15 Å². The highest BCUT2D eigenvalue weighted by atomic mass is 32.2. The monoisotopic (exact) mass is 629 g/mol. The van der Waals surface area contributed by atoms with E-state index in [1.807, 2.05) is 16.9 Å². The fourth-order valence-corrected chi connectivity index (χ4v) is 8.79. The molecule has 1 atom stereocenters. The first-order valence-electron chi connectivity index (χ1n) is 15.3. The predicted octanol–water partition coefficient (Wildman–Crippen LogP) is 2.60. The van der Waals surface area contributed by atoms with Crippen LogP contribution in [0.25, 0.3) is 11.0 Å².